The monoisotopic (exact) mass is 779 g/mol. The molecule has 4 atom stereocenters. The molecule has 7 rings (SSSR count). The number of carbonyl (C=O) groups is 6. The van der Waals surface area contributed by atoms with Crippen molar-refractivity contribution >= 4 is 41.2 Å². The zero-order valence-electron chi connectivity index (χ0n) is 31.7. The molecule has 58 heavy (non-hydrogen) atoms. The van der Waals surface area contributed by atoms with Gasteiger partial charge < -0.3 is 31.7 Å². The minimum absolute atomic E-state index is 0.0167. The smallest absolute Gasteiger partial charge is 0.326 e. The van der Waals surface area contributed by atoms with E-state index in [1.807, 2.05) is 84.9 Å². The molecule has 2 aliphatic heterocycles. The van der Waals surface area contributed by atoms with E-state index in [4.69, 9.17) is 0 Å². The molecule has 296 valence electrons. The van der Waals surface area contributed by atoms with Gasteiger partial charge in [-0.25, -0.2) is 4.79 Å². The maximum atomic E-state index is 14.4. The highest BCUT2D eigenvalue weighted by Gasteiger charge is 2.32. The fourth-order valence-corrected chi connectivity index (χ4v) is 6.72. The van der Waals surface area contributed by atoms with E-state index < -0.39 is 59.7 Å². The van der Waals surface area contributed by atoms with Crippen LogP contribution < -0.4 is 26.6 Å². The third kappa shape index (κ3) is 11.5. The molecule has 0 aromatic heterocycles. The lowest BCUT2D eigenvalue weighted by molar-refractivity contribution is -0.142. The van der Waals surface area contributed by atoms with E-state index in [1.54, 1.807) is 54.6 Å². The predicted molar refractivity (Wildman–Crippen MR) is 219 cm³/mol. The van der Waals surface area contributed by atoms with E-state index in [0.717, 1.165) is 16.7 Å². The summed E-state index contributed by atoms with van der Waals surface area (Å²) in [6.07, 6.45) is 0.0332. The molecule has 0 saturated heterocycles. The van der Waals surface area contributed by atoms with Gasteiger partial charge in [-0.3, -0.25) is 24.0 Å². The highest BCUT2D eigenvalue weighted by atomic mass is 16.4. The Labute approximate surface area is 336 Å². The normalized spacial score (nSPS) is 19.7. The molecule has 5 aromatic carbocycles. The van der Waals surface area contributed by atoms with Crippen LogP contribution in [0.15, 0.2) is 140 Å². The molecule has 2 heterocycles. The molecule has 0 saturated carbocycles. The number of fused-ring (bicyclic) bond motifs is 18. The molecule has 0 spiro atoms. The lowest BCUT2D eigenvalue weighted by Crippen LogP contribution is -2.57. The molecule has 12 heteroatoms. The van der Waals surface area contributed by atoms with Crippen molar-refractivity contribution in [1.82, 2.24) is 21.3 Å². The molecular formula is C46H45N5O7. The Balaban J connectivity index is 1.35. The molecule has 0 radical (unpaired) electrons. The van der Waals surface area contributed by atoms with Crippen molar-refractivity contribution in [3.8, 4) is 11.1 Å². The van der Waals surface area contributed by atoms with Crippen LogP contribution in [0.5, 0.6) is 0 Å². The first-order valence-corrected chi connectivity index (χ1v) is 19.2. The van der Waals surface area contributed by atoms with Gasteiger partial charge in [0.05, 0.1) is 0 Å². The summed E-state index contributed by atoms with van der Waals surface area (Å²) in [4.78, 5) is 81.2. The lowest BCUT2D eigenvalue weighted by atomic mass is 9.98. The number of aryl methyl sites for hydroxylation is 1. The Hall–Kier alpha value is -7.08. The van der Waals surface area contributed by atoms with Gasteiger partial charge in [-0.15, -0.1) is 0 Å². The average Bonchev–Trinajstić information content (AvgIpc) is 3.24. The summed E-state index contributed by atoms with van der Waals surface area (Å²) in [7, 11) is 0. The first-order chi connectivity index (χ1) is 28.1. The van der Waals surface area contributed by atoms with Crippen molar-refractivity contribution in [2.45, 2.75) is 62.7 Å². The van der Waals surface area contributed by atoms with Crippen molar-refractivity contribution in [2.75, 3.05) is 5.32 Å². The SMILES string of the molecule is O=C1CCC(=O)NC(c2ccccc2)C(=O)N[C@@H](Cc2ccc(-c3ccccc3)cc2)C(=O)N[C@H](CCc2ccccc2)C(=O)N[C@H](C(=O)O)Cc2ccc(cc2)N1. The molecule has 6 N–H and O–H groups in total. The third-order valence-corrected chi connectivity index (χ3v) is 9.90. The van der Waals surface area contributed by atoms with Crippen molar-refractivity contribution in [3.63, 3.8) is 0 Å². The molecule has 5 aromatic rings. The van der Waals surface area contributed by atoms with Crippen LogP contribution in [0, 0.1) is 0 Å². The Bertz CT molecular complexity index is 2200. The van der Waals surface area contributed by atoms with Crippen molar-refractivity contribution < 1.29 is 33.9 Å². The second-order valence-corrected chi connectivity index (χ2v) is 14.2. The second kappa shape index (κ2) is 19.7. The average molecular weight is 780 g/mol. The molecule has 12 nitrogen and oxygen atoms in total. The van der Waals surface area contributed by atoms with Crippen LogP contribution in [0.3, 0.4) is 0 Å². The van der Waals surface area contributed by atoms with Gasteiger partial charge in [-0.2, -0.15) is 0 Å². The van der Waals surface area contributed by atoms with E-state index in [0.29, 0.717) is 28.8 Å². The Kier molecular flexibility index (Phi) is 13.8. The van der Waals surface area contributed by atoms with Gasteiger partial charge in [-0.1, -0.05) is 127 Å². The fraction of sp³-hybridized carbons (Fsp3) is 0.217. The number of carbonyl (C=O) groups excluding carboxylic acids is 5. The van der Waals surface area contributed by atoms with E-state index >= 15 is 0 Å². The molecule has 0 fully saturated rings. The van der Waals surface area contributed by atoms with E-state index in [-0.39, 0.29) is 32.1 Å². The number of nitrogens with one attached hydrogen (secondary N) is 5. The summed E-state index contributed by atoms with van der Waals surface area (Å²) in [5, 5.41) is 23.9. The number of benzene rings is 5. The van der Waals surface area contributed by atoms with E-state index in [1.165, 1.54) is 0 Å². The Morgan fingerprint density at radius 2 is 1.12 bits per heavy atom. The minimum atomic E-state index is -1.35. The van der Waals surface area contributed by atoms with Gasteiger partial charge in [-0.05, 0) is 58.4 Å². The quantitative estimate of drug-likeness (QED) is 0.121. The topological polar surface area (TPSA) is 183 Å². The van der Waals surface area contributed by atoms with Gasteiger partial charge in [0.15, 0.2) is 0 Å². The summed E-state index contributed by atoms with van der Waals surface area (Å²) in [5.41, 5.74) is 5.02. The molecule has 5 amide bonds. The largest absolute Gasteiger partial charge is 0.480 e. The van der Waals surface area contributed by atoms with Crippen molar-refractivity contribution in [1.29, 1.82) is 0 Å². The number of anilines is 1. The van der Waals surface area contributed by atoms with Crippen LogP contribution in [0.1, 0.15) is 47.6 Å². The molecule has 1 unspecified atom stereocenters. The maximum absolute atomic E-state index is 14.4. The van der Waals surface area contributed by atoms with E-state index in [2.05, 4.69) is 26.6 Å². The third-order valence-electron chi connectivity index (χ3n) is 9.90. The van der Waals surface area contributed by atoms with E-state index in [9.17, 15) is 33.9 Å². The van der Waals surface area contributed by atoms with Gasteiger partial charge in [0, 0.05) is 31.4 Å². The number of rotatable bonds is 8. The predicted octanol–water partition coefficient (Wildman–Crippen LogP) is 4.90. The summed E-state index contributed by atoms with van der Waals surface area (Å²) < 4.78 is 0. The van der Waals surface area contributed by atoms with Crippen LogP contribution in [0.4, 0.5) is 5.69 Å². The van der Waals surface area contributed by atoms with Crippen LogP contribution in [0.25, 0.3) is 11.1 Å². The number of carboxylic acids is 1. The van der Waals surface area contributed by atoms with Gasteiger partial charge in [0.1, 0.15) is 24.2 Å². The van der Waals surface area contributed by atoms with Crippen molar-refractivity contribution in [2.24, 2.45) is 0 Å². The first kappa shape index (κ1) is 40.6. The van der Waals surface area contributed by atoms with Gasteiger partial charge in [0.25, 0.3) is 0 Å². The molecular weight excluding hydrogens is 735 g/mol. The highest BCUT2D eigenvalue weighted by Crippen LogP contribution is 2.21. The van der Waals surface area contributed by atoms with Gasteiger partial charge >= 0.3 is 5.97 Å². The number of carboxylic acid groups (broad SMARTS) is 1. The minimum Gasteiger partial charge on any atom is -0.480 e. The zero-order chi connectivity index (χ0) is 40.9. The summed E-state index contributed by atoms with van der Waals surface area (Å²) in [5.74, 6) is -4.36. The van der Waals surface area contributed by atoms with Crippen LogP contribution in [-0.2, 0) is 48.0 Å². The molecule has 2 bridgehead atoms. The van der Waals surface area contributed by atoms with Crippen LogP contribution in [0.2, 0.25) is 0 Å². The highest BCUT2D eigenvalue weighted by molar-refractivity contribution is 5.97. The summed E-state index contributed by atoms with van der Waals surface area (Å²) in [6.45, 7) is 0. The second-order valence-electron chi connectivity index (χ2n) is 14.2. The van der Waals surface area contributed by atoms with Crippen LogP contribution in [-0.4, -0.2) is 58.7 Å². The van der Waals surface area contributed by atoms with Crippen LogP contribution >= 0.6 is 0 Å². The number of amides is 5. The molecule has 0 aliphatic carbocycles. The number of hydrogen-bond donors (Lipinski definition) is 6. The summed E-state index contributed by atoms with van der Waals surface area (Å²) in [6, 6.07) is 36.7. The van der Waals surface area contributed by atoms with Crippen molar-refractivity contribution in [3.05, 3.63) is 162 Å². The maximum Gasteiger partial charge on any atom is 0.326 e. The lowest BCUT2D eigenvalue weighted by Gasteiger charge is -2.26. The molecule has 2 aliphatic rings. The first-order valence-electron chi connectivity index (χ1n) is 19.2. The Morgan fingerprint density at radius 1 is 0.552 bits per heavy atom. The van der Waals surface area contributed by atoms with Gasteiger partial charge in [0.2, 0.25) is 29.5 Å². The number of aliphatic carboxylic acids is 1. The Morgan fingerprint density at radius 3 is 1.78 bits per heavy atom. The summed E-state index contributed by atoms with van der Waals surface area (Å²) >= 11 is 0. The zero-order valence-corrected chi connectivity index (χ0v) is 31.7. The fourth-order valence-electron chi connectivity index (χ4n) is 6.72. The standard InChI is InChI=1S/C46H45N5O7/c52-40-26-27-41(53)51-42(35-14-8-3-9-15-35)45(56)49-38(28-31-16-21-34(22-17-31)33-12-6-2-7-13-33)44(55)48-37(25-20-30-10-4-1-5-11-30)43(54)50-39(46(57)58)29-32-18-23-36(47-40)24-19-32/h1-19,21-24,37-39,42H,20,25-29H2,(H,47,52)(H,48,55)(H,49,56)(H,50,54)(H,51,53)(H,57,58)/t37-,38+,39+,42?/m1/s1. The number of hydrogen-bond acceptors (Lipinski definition) is 6.